The standard InChI is InChI=1S/C21H26N4O12S2/c1-2-30-11-12-31-33-35-37-36-34-32-13-14-38-15-21(27)23-17-7-9-20(10-8-17)39(28,29)25-19-5-3-18(4-6-19)24-22-16-26/h3-10,13-14,16,24-25H,2,11-12,15H2,1H3,(H,22,26)(H,23,27)/b14-13+. The molecule has 18 heteroatoms. The zero-order valence-corrected chi connectivity index (χ0v) is 22.0. The van der Waals surface area contributed by atoms with Gasteiger partial charge in [-0.3, -0.25) is 25.2 Å². The fourth-order valence-corrected chi connectivity index (χ4v) is 3.91. The van der Waals surface area contributed by atoms with Crippen LogP contribution in [-0.4, -0.2) is 46.3 Å². The van der Waals surface area contributed by atoms with Crippen LogP contribution in [0, 0.1) is 0 Å². The maximum atomic E-state index is 12.6. The average molecular weight is 591 g/mol. The lowest BCUT2D eigenvalue weighted by atomic mass is 10.3. The summed E-state index contributed by atoms with van der Waals surface area (Å²) in [5.41, 5.74) is 6.17. The summed E-state index contributed by atoms with van der Waals surface area (Å²) in [6, 6.07) is 11.8. The second-order valence-electron chi connectivity index (χ2n) is 6.68. The molecular formula is C21H26N4O12S2. The molecule has 0 fully saturated rings. The largest absolute Gasteiger partial charge is 0.379 e. The molecule has 0 aliphatic carbocycles. The molecule has 39 heavy (non-hydrogen) atoms. The Kier molecular flexibility index (Phi) is 15.3. The van der Waals surface area contributed by atoms with Gasteiger partial charge in [-0.15, -0.1) is 11.8 Å². The van der Waals surface area contributed by atoms with E-state index >= 15 is 0 Å². The molecular weight excluding hydrogens is 564 g/mol. The first-order chi connectivity index (χ1) is 18.9. The van der Waals surface area contributed by atoms with Gasteiger partial charge in [-0.05, 0) is 65.5 Å². The zero-order valence-electron chi connectivity index (χ0n) is 20.4. The fourth-order valence-electron chi connectivity index (χ4n) is 2.41. The highest BCUT2D eigenvalue weighted by molar-refractivity contribution is 8.02. The number of carbonyl (C=O) groups is 2. The summed E-state index contributed by atoms with van der Waals surface area (Å²) in [6.45, 7) is 2.76. The Morgan fingerprint density at radius 2 is 1.56 bits per heavy atom. The zero-order chi connectivity index (χ0) is 28.2. The normalized spacial score (nSPS) is 11.2. The number of hydrazine groups is 1. The minimum atomic E-state index is -3.86. The van der Waals surface area contributed by atoms with Crippen molar-refractivity contribution in [3.05, 3.63) is 60.2 Å². The van der Waals surface area contributed by atoms with Gasteiger partial charge in [0.15, 0.2) is 0 Å². The van der Waals surface area contributed by atoms with E-state index in [4.69, 9.17) is 4.74 Å². The number of sulfonamides is 1. The van der Waals surface area contributed by atoms with Gasteiger partial charge in [0, 0.05) is 38.5 Å². The lowest BCUT2D eigenvalue weighted by molar-refractivity contribution is -0.786. The van der Waals surface area contributed by atoms with Crippen LogP contribution in [0.15, 0.2) is 65.1 Å². The lowest BCUT2D eigenvalue weighted by Crippen LogP contribution is -2.18. The van der Waals surface area contributed by atoms with E-state index in [-0.39, 0.29) is 23.2 Å². The molecule has 0 saturated heterocycles. The monoisotopic (exact) mass is 590 g/mol. The molecule has 0 unspecified atom stereocenters. The van der Waals surface area contributed by atoms with Crippen LogP contribution in [-0.2, 0) is 59.3 Å². The Morgan fingerprint density at radius 3 is 2.28 bits per heavy atom. The molecule has 214 valence electrons. The van der Waals surface area contributed by atoms with Crippen molar-refractivity contribution in [1.82, 2.24) is 5.43 Å². The number of thioether (sulfide) groups is 1. The quantitative estimate of drug-likeness (QED) is 0.0545. The van der Waals surface area contributed by atoms with Gasteiger partial charge in [-0.1, -0.05) is 0 Å². The van der Waals surface area contributed by atoms with E-state index in [1.165, 1.54) is 41.8 Å². The maximum Gasteiger partial charge on any atom is 0.261 e. The van der Waals surface area contributed by atoms with Gasteiger partial charge in [0.05, 0.1) is 22.9 Å². The van der Waals surface area contributed by atoms with Crippen molar-refractivity contribution in [3.8, 4) is 0 Å². The molecule has 0 aliphatic heterocycles. The number of carbonyl (C=O) groups excluding carboxylic acids is 2. The number of hydrogen-bond donors (Lipinski definition) is 4. The summed E-state index contributed by atoms with van der Waals surface area (Å²) >= 11 is 1.06. The van der Waals surface area contributed by atoms with Gasteiger partial charge in [0.25, 0.3) is 10.0 Å². The van der Waals surface area contributed by atoms with Gasteiger partial charge in [0.1, 0.15) is 12.9 Å². The molecule has 4 N–H and O–H groups in total. The van der Waals surface area contributed by atoms with Crippen molar-refractivity contribution in [1.29, 1.82) is 0 Å². The van der Waals surface area contributed by atoms with Crippen LogP contribution in [0.2, 0.25) is 0 Å². The number of nitrogens with one attached hydrogen (secondary N) is 4. The van der Waals surface area contributed by atoms with Crippen LogP contribution in [0.25, 0.3) is 0 Å². The molecule has 0 aliphatic rings. The number of ether oxygens (including phenoxy) is 1. The maximum absolute atomic E-state index is 12.6. The minimum absolute atomic E-state index is 0.00274. The number of amides is 2. The van der Waals surface area contributed by atoms with Crippen molar-refractivity contribution in [2.45, 2.75) is 11.8 Å². The molecule has 0 radical (unpaired) electrons. The molecule has 2 amide bonds. The Hall–Kier alpha value is -3.46. The van der Waals surface area contributed by atoms with Crippen molar-refractivity contribution in [2.24, 2.45) is 0 Å². The Morgan fingerprint density at radius 1 is 0.897 bits per heavy atom. The summed E-state index contributed by atoms with van der Waals surface area (Å²) in [5.74, 6) is -0.339. The van der Waals surface area contributed by atoms with Crippen molar-refractivity contribution in [2.75, 3.05) is 41.0 Å². The molecule has 2 rings (SSSR count). The molecule has 0 aromatic heterocycles. The van der Waals surface area contributed by atoms with Gasteiger partial charge >= 0.3 is 0 Å². The SMILES string of the molecule is CCOCCOOOOOOO/C=C/SCC(=O)Nc1ccc(S(=O)(=O)Nc2ccc(NNC=O)cc2)cc1. The fraction of sp³-hybridized carbons (Fsp3) is 0.238. The van der Waals surface area contributed by atoms with Crippen LogP contribution < -0.4 is 20.9 Å². The van der Waals surface area contributed by atoms with Gasteiger partial charge < -0.3 is 14.9 Å². The highest BCUT2D eigenvalue weighted by Gasteiger charge is 2.14. The average Bonchev–Trinajstić information content (AvgIpc) is 2.93. The second-order valence-corrected chi connectivity index (χ2v) is 9.26. The molecule has 0 spiro atoms. The number of hydrogen-bond acceptors (Lipinski definition) is 14. The summed E-state index contributed by atoms with van der Waals surface area (Å²) < 4.78 is 32.6. The van der Waals surface area contributed by atoms with E-state index in [0.717, 1.165) is 18.0 Å². The van der Waals surface area contributed by atoms with E-state index in [1.807, 2.05) is 6.92 Å². The third-order valence-corrected chi connectivity index (χ3v) is 6.13. The van der Waals surface area contributed by atoms with Gasteiger partial charge in [-0.2, -0.15) is 0 Å². The van der Waals surface area contributed by atoms with E-state index in [0.29, 0.717) is 36.7 Å². The number of rotatable bonds is 21. The number of benzene rings is 2. The highest BCUT2D eigenvalue weighted by Crippen LogP contribution is 2.20. The van der Waals surface area contributed by atoms with E-state index in [9.17, 15) is 18.0 Å². The van der Waals surface area contributed by atoms with Crippen LogP contribution in [0.5, 0.6) is 0 Å². The first-order valence-electron chi connectivity index (χ1n) is 10.9. The first-order valence-corrected chi connectivity index (χ1v) is 13.4. The van der Waals surface area contributed by atoms with Gasteiger partial charge in [-0.25, -0.2) is 13.3 Å². The third-order valence-electron chi connectivity index (χ3n) is 4.00. The molecule has 0 atom stereocenters. The van der Waals surface area contributed by atoms with Crippen LogP contribution in [0.1, 0.15) is 6.92 Å². The molecule has 0 bridgehead atoms. The topological polar surface area (TPSA) is 190 Å². The predicted molar refractivity (Wildman–Crippen MR) is 136 cm³/mol. The first kappa shape index (κ1) is 31.8. The van der Waals surface area contributed by atoms with Crippen LogP contribution in [0.3, 0.4) is 0 Å². The molecule has 0 heterocycles. The Bertz CT molecular complexity index is 1120. The van der Waals surface area contributed by atoms with Crippen molar-refractivity contribution >= 4 is 51.2 Å². The highest BCUT2D eigenvalue weighted by atomic mass is 32.2. The summed E-state index contributed by atoms with van der Waals surface area (Å²) in [7, 11) is -3.86. The minimum Gasteiger partial charge on any atom is -0.379 e. The smallest absolute Gasteiger partial charge is 0.261 e. The third kappa shape index (κ3) is 13.8. The summed E-state index contributed by atoms with van der Waals surface area (Å²) in [6.07, 6.45) is 1.52. The van der Waals surface area contributed by atoms with E-state index in [1.54, 1.807) is 12.1 Å². The summed E-state index contributed by atoms with van der Waals surface area (Å²) in [4.78, 5) is 31.3. The molecule has 2 aromatic carbocycles. The van der Waals surface area contributed by atoms with E-state index < -0.39 is 10.0 Å². The summed E-state index contributed by atoms with van der Waals surface area (Å²) in [5, 5.41) is 24.1. The van der Waals surface area contributed by atoms with Crippen LogP contribution >= 0.6 is 11.8 Å². The van der Waals surface area contributed by atoms with Crippen molar-refractivity contribution in [3.63, 3.8) is 0 Å². The van der Waals surface area contributed by atoms with Crippen molar-refractivity contribution < 1.29 is 57.7 Å². The molecule has 16 nitrogen and oxygen atoms in total. The van der Waals surface area contributed by atoms with E-state index in [2.05, 4.69) is 55.9 Å². The molecule has 2 aromatic rings. The lowest BCUT2D eigenvalue weighted by Gasteiger charge is -2.10. The van der Waals surface area contributed by atoms with Gasteiger partial charge in [0.2, 0.25) is 12.3 Å². The number of anilines is 3. The Balaban J connectivity index is 1.62. The predicted octanol–water partition coefficient (Wildman–Crippen LogP) is 2.35. The van der Waals surface area contributed by atoms with Crippen LogP contribution in [0.4, 0.5) is 17.1 Å². The second kappa shape index (κ2) is 18.7. The molecule has 0 saturated carbocycles. The Labute approximate surface area is 227 Å².